The molecule has 0 unspecified atom stereocenters. The van der Waals surface area contributed by atoms with Crippen LogP contribution >= 0.6 is 0 Å². The molecule has 0 aromatic heterocycles. The van der Waals surface area contributed by atoms with Gasteiger partial charge in [-0.3, -0.25) is 4.79 Å². The van der Waals surface area contributed by atoms with Crippen LogP contribution in [0.4, 0.5) is 0 Å². The van der Waals surface area contributed by atoms with Gasteiger partial charge in [-0.25, -0.2) is 5.48 Å². The van der Waals surface area contributed by atoms with E-state index < -0.39 is 10.1 Å². The van der Waals surface area contributed by atoms with Crippen molar-refractivity contribution in [3.8, 4) is 0 Å². The van der Waals surface area contributed by atoms with Crippen molar-refractivity contribution in [1.29, 1.82) is 0 Å². The highest BCUT2D eigenvalue weighted by Gasteiger charge is 2.04. The van der Waals surface area contributed by atoms with E-state index in [-0.39, 0.29) is 12.2 Å². The third-order valence-electron chi connectivity index (χ3n) is 0.577. The predicted octanol–water partition coefficient (Wildman–Crippen LogP) is -0.986. The van der Waals surface area contributed by atoms with E-state index in [0.29, 0.717) is 0 Å². The monoisotopic (exact) mass is 153 g/mol. The van der Waals surface area contributed by atoms with Crippen LogP contribution in [0.5, 0.6) is 0 Å². The van der Waals surface area contributed by atoms with Gasteiger partial charge in [0.25, 0.3) is 10.1 Å². The average molecular weight is 153 g/mol. The van der Waals surface area contributed by atoms with Crippen molar-refractivity contribution in [2.24, 2.45) is 0 Å². The van der Waals surface area contributed by atoms with E-state index in [2.05, 4.69) is 4.28 Å². The molecular formula is C3H7NO4S. The molecule has 1 amide bonds. The summed E-state index contributed by atoms with van der Waals surface area (Å²) in [7, 11) is -3.52. The molecule has 1 N–H and O–H groups in total. The van der Waals surface area contributed by atoms with Gasteiger partial charge in [-0.15, -0.1) is 4.28 Å². The third kappa shape index (κ3) is 3.92. The van der Waals surface area contributed by atoms with Crippen LogP contribution in [0.3, 0.4) is 0 Å². The van der Waals surface area contributed by atoms with Crippen molar-refractivity contribution in [2.45, 2.75) is 6.92 Å². The number of carbonyl (C=O) groups is 1. The number of hydrogen-bond donors (Lipinski definition) is 1. The fourth-order valence-electron chi connectivity index (χ4n) is 0.152. The maximum Gasteiger partial charge on any atom is 0.287 e. The quantitative estimate of drug-likeness (QED) is 0.416. The fraction of sp³-hybridized carbons (Fsp3) is 0.667. The van der Waals surface area contributed by atoms with E-state index in [1.54, 1.807) is 5.48 Å². The summed E-state index contributed by atoms with van der Waals surface area (Å²) in [6, 6.07) is 0. The molecule has 5 nitrogen and oxygen atoms in total. The number of rotatable bonds is 4. The van der Waals surface area contributed by atoms with Gasteiger partial charge in [0.15, 0.2) is 0 Å². The standard InChI is InChI=1S/C3H7NO4S/c1-2-9(6,7)8-4-3-5/h3H,2H2,1H3,(H,4,5). The SMILES string of the molecule is CCS(=O)(=O)ONC=O. The lowest BCUT2D eigenvalue weighted by Gasteiger charge is -1.96. The summed E-state index contributed by atoms with van der Waals surface area (Å²) in [5.74, 6) is -0.159. The first-order chi connectivity index (χ1) is 4.12. The number of nitrogens with one attached hydrogen (secondary N) is 1. The van der Waals surface area contributed by atoms with Crippen LogP contribution in [0.15, 0.2) is 0 Å². The Morgan fingerprint density at radius 3 is 2.56 bits per heavy atom. The Kier molecular flexibility index (Phi) is 3.18. The molecule has 0 fully saturated rings. The second kappa shape index (κ2) is 3.41. The minimum Gasteiger partial charge on any atom is -0.277 e. The largest absolute Gasteiger partial charge is 0.287 e. The highest BCUT2D eigenvalue weighted by atomic mass is 32.2. The van der Waals surface area contributed by atoms with Gasteiger partial charge in [0.05, 0.1) is 5.75 Å². The van der Waals surface area contributed by atoms with Gasteiger partial charge in [-0.1, -0.05) is 0 Å². The first-order valence-corrected chi connectivity index (χ1v) is 3.80. The summed E-state index contributed by atoms with van der Waals surface area (Å²) >= 11 is 0. The Hall–Kier alpha value is -0.620. The molecule has 0 aromatic rings. The van der Waals surface area contributed by atoms with E-state index in [0.717, 1.165) is 0 Å². The molecule has 0 radical (unpaired) electrons. The van der Waals surface area contributed by atoms with Crippen LogP contribution in [0.25, 0.3) is 0 Å². The minimum absolute atomic E-state index is 0.146. The molecule has 0 spiro atoms. The maximum atomic E-state index is 10.3. The lowest BCUT2D eigenvalue weighted by Crippen LogP contribution is -2.19. The van der Waals surface area contributed by atoms with Crippen molar-refractivity contribution in [3.05, 3.63) is 0 Å². The predicted molar refractivity (Wildman–Crippen MR) is 29.7 cm³/mol. The van der Waals surface area contributed by atoms with Crippen LogP contribution in [0.2, 0.25) is 0 Å². The molecule has 54 valence electrons. The van der Waals surface area contributed by atoms with E-state index >= 15 is 0 Å². The van der Waals surface area contributed by atoms with Crippen LogP contribution in [0.1, 0.15) is 6.92 Å². The van der Waals surface area contributed by atoms with Crippen molar-refractivity contribution in [2.75, 3.05) is 5.75 Å². The molecule has 0 heterocycles. The molecule has 9 heavy (non-hydrogen) atoms. The van der Waals surface area contributed by atoms with E-state index in [1.807, 2.05) is 0 Å². The summed E-state index contributed by atoms with van der Waals surface area (Å²) in [4.78, 5) is 9.47. The van der Waals surface area contributed by atoms with E-state index in [1.165, 1.54) is 6.92 Å². The first-order valence-electron chi connectivity index (χ1n) is 2.22. The normalized spacial score (nSPS) is 10.8. The van der Waals surface area contributed by atoms with Gasteiger partial charge >= 0.3 is 0 Å². The lowest BCUT2D eigenvalue weighted by atomic mass is 11.0. The molecule has 0 aliphatic rings. The lowest BCUT2D eigenvalue weighted by molar-refractivity contribution is -0.115. The maximum absolute atomic E-state index is 10.3. The summed E-state index contributed by atoms with van der Waals surface area (Å²) in [6.07, 6.45) is 0.146. The molecule has 0 bridgehead atoms. The number of amides is 1. The van der Waals surface area contributed by atoms with Crippen LogP contribution in [-0.2, 0) is 19.2 Å². The van der Waals surface area contributed by atoms with Gasteiger partial charge in [-0.05, 0) is 6.92 Å². The van der Waals surface area contributed by atoms with Gasteiger partial charge < -0.3 is 0 Å². The Morgan fingerprint density at radius 2 is 2.22 bits per heavy atom. The summed E-state index contributed by atoms with van der Waals surface area (Å²) in [6.45, 7) is 1.40. The van der Waals surface area contributed by atoms with Gasteiger partial charge in [0, 0.05) is 0 Å². The number of carbonyl (C=O) groups excluding carboxylic acids is 1. The minimum atomic E-state index is -3.52. The molecule has 0 saturated heterocycles. The summed E-state index contributed by atoms with van der Waals surface area (Å²) in [5.41, 5.74) is 1.57. The highest BCUT2D eigenvalue weighted by molar-refractivity contribution is 7.86. The van der Waals surface area contributed by atoms with Crippen LogP contribution < -0.4 is 5.48 Å². The molecule has 0 aromatic carbocycles. The van der Waals surface area contributed by atoms with Crippen LogP contribution in [0, 0.1) is 0 Å². The number of hydroxylamine groups is 1. The smallest absolute Gasteiger partial charge is 0.277 e. The average Bonchev–Trinajstić information content (AvgIpc) is 1.84. The Bertz CT molecular complexity index is 172. The van der Waals surface area contributed by atoms with Gasteiger partial charge in [-0.2, -0.15) is 8.42 Å². The first kappa shape index (κ1) is 8.38. The van der Waals surface area contributed by atoms with E-state index in [4.69, 9.17) is 0 Å². The van der Waals surface area contributed by atoms with E-state index in [9.17, 15) is 13.2 Å². The highest BCUT2D eigenvalue weighted by Crippen LogP contribution is 1.85. The number of hydrogen-bond acceptors (Lipinski definition) is 4. The molecule has 0 rings (SSSR count). The second-order valence-corrected chi connectivity index (χ2v) is 3.02. The molecule has 0 aliphatic heterocycles. The fourth-order valence-corrected chi connectivity index (χ4v) is 0.456. The Balaban J connectivity index is 3.74. The molecule has 6 heteroatoms. The van der Waals surface area contributed by atoms with Gasteiger partial charge in [0.1, 0.15) is 0 Å². The Morgan fingerprint density at radius 1 is 1.67 bits per heavy atom. The third-order valence-corrected chi connectivity index (χ3v) is 1.63. The van der Waals surface area contributed by atoms with Crippen LogP contribution in [-0.4, -0.2) is 20.6 Å². The van der Waals surface area contributed by atoms with Crippen molar-refractivity contribution >= 4 is 16.5 Å². The zero-order chi connectivity index (χ0) is 7.33. The van der Waals surface area contributed by atoms with Crippen molar-refractivity contribution < 1.29 is 17.5 Å². The second-order valence-electron chi connectivity index (χ2n) is 1.17. The van der Waals surface area contributed by atoms with Gasteiger partial charge in [0.2, 0.25) is 6.41 Å². The molecule has 0 aliphatic carbocycles. The zero-order valence-corrected chi connectivity index (χ0v) is 5.64. The Labute approximate surface area is 53.1 Å². The summed E-state index contributed by atoms with van der Waals surface area (Å²) in [5, 5.41) is 0. The summed E-state index contributed by atoms with van der Waals surface area (Å²) < 4.78 is 24.5. The molecule has 0 saturated carbocycles. The molecular weight excluding hydrogens is 146 g/mol. The topological polar surface area (TPSA) is 72.5 Å². The van der Waals surface area contributed by atoms with Crippen molar-refractivity contribution in [1.82, 2.24) is 5.48 Å². The van der Waals surface area contributed by atoms with Crippen molar-refractivity contribution in [3.63, 3.8) is 0 Å². The zero-order valence-electron chi connectivity index (χ0n) is 4.83. The molecule has 0 atom stereocenters.